The van der Waals surface area contributed by atoms with Crippen molar-refractivity contribution in [3.63, 3.8) is 0 Å². The average molecular weight is 178 g/mol. The van der Waals surface area contributed by atoms with Gasteiger partial charge in [-0.1, -0.05) is 12.1 Å². The Labute approximate surface area is 78.0 Å². The first-order chi connectivity index (χ1) is 6.34. The van der Waals surface area contributed by atoms with Gasteiger partial charge in [-0.3, -0.25) is 0 Å². The molecule has 1 unspecified atom stereocenters. The second-order valence-corrected chi connectivity index (χ2v) is 3.53. The largest absolute Gasteiger partial charge is 0.238 e. The monoisotopic (exact) mass is 178 g/mol. The van der Waals surface area contributed by atoms with Crippen LogP contribution in [0.1, 0.15) is 18.4 Å². The van der Waals surface area contributed by atoms with E-state index in [1.165, 1.54) is 30.5 Å². The molecule has 1 radical (unpaired) electrons. The Morgan fingerprint density at radius 1 is 1.31 bits per heavy atom. The van der Waals surface area contributed by atoms with Crippen LogP contribution in [0.5, 0.6) is 0 Å². The zero-order valence-corrected chi connectivity index (χ0v) is 7.54. The molecule has 0 saturated carbocycles. The van der Waals surface area contributed by atoms with E-state index in [9.17, 15) is 4.39 Å². The molecule has 0 aliphatic carbocycles. The van der Waals surface area contributed by atoms with Gasteiger partial charge < -0.3 is 0 Å². The zero-order valence-electron chi connectivity index (χ0n) is 7.54. The fourth-order valence-corrected chi connectivity index (χ4v) is 1.75. The van der Waals surface area contributed by atoms with Gasteiger partial charge in [-0.2, -0.15) is 0 Å². The van der Waals surface area contributed by atoms with Gasteiger partial charge in [0.2, 0.25) is 0 Å². The summed E-state index contributed by atoms with van der Waals surface area (Å²) in [5, 5.41) is 4.46. The Bertz CT molecular complexity index is 262. The lowest BCUT2D eigenvalue weighted by molar-refractivity contribution is 0.589. The molecule has 1 atom stereocenters. The Morgan fingerprint density at radius 3 is 2.69 bits per heavy atom. The van der Waals surface area contributed by atoms with Gasteiger partial charge in [-0.05, 0) is 37.0 Å². The molecule has 1 saturated heterocycles. The van der Waals surface area contributed by atoms with Crippen LogP contribution in [-0.4, -0.2) is 12.6 Å². The van der Waals surface area contributed by atoms with E-state index in [0.717, 1.165) is 13.0 Å². The fourth-order valence-electron chi connectivity index (χ4n) is 1.75. The van der Waals surface area contributed by atoms with Gasteiger partial charge in [-0.25, -0.2) is 9.71 Å². The first-order valence-corrected chi connectivity index (χ1v) is 4.75. The van der Waals surface area contributed by atoms with Crippen molar-refractivity contribution in [3.8, 4) is 0 Å². The van der Waals surface area contributed by atoms with E-state index in [1.54, 1.807) is 0 Å². The van der Waals surface area contributed by atoms with Crippen molar-refractivity contribution in [2.75, 3.05) is 6.54 Å². The van der Waals surface area contributed by atoms with Crippen molar-refractivity contribution in [1.82, 2.24) is 5.32 Å². The first kappa shape index (κ1) is 8.70. The van der Waals surface area contributed by atoms with Gasteiger partial charge in [0.05, 0.1) is 0 Å². The van der Waals surface area contributed by atoms with Crippen LogP contribution in [0.3, 0.4) is 0 Å². The summed E-state index contributed by atoms with van der Waals surface area (Å²) >= 11 is 0. The van der Waals surface area contributed by atoms with Crippen LogP contribution in [0.2, 0.25) is 0 Å². The molecular formula is C11H13FN. The van der Waals surface area contributed by atoms with Gasteiger partial charge in [0, 0.05) is 12.6 Å². The zero-order chi connectivity index (χ0) is 9.10. The molecule has 2 heteroatoms. The summed E-state index contributed by atoms with van der Waals surface area (Å²) in [6.45, 7) is 1.01. The molecule has 0 amide bonds. The molecule has 1 aromatic carbocycles. The quantitative estimate of drug-likeness (QED) is 0.658. The fraction of sp³-hybridized carbons (Fsp3) is 0.455. The number of nitrogens with zero attached hydrogens (tertiary/aromatic N) is 1. The van der Waals surface area contributed by atoms with E-state index in [1.807, 2.05) is 12.1 Å². The number of benzene rings is 1. The number of halogens is 1. The van der Waals surface area contributed by atoms with Crippen LogP contribution >= 0.6 is 0 Å². The van der Waals surface area contributed by atoms with Crippen molar-refractivity contribution < 1.29 is 4.39 Å². The molecule has 1 aromatic rings. The highest BCUT2D eigenvalue weighted by Crippen LogP contribution is 2.13. The van der Waals surface area contributed by atoms with Gasteiger partial charge >= 0.3 is 0 Å². The van der Waals surface area contributed by atoms with E-state index < -0.39 is 0 Å². The van der Waals surface area contributed by atoms with Gasteiger partial charge in [0.15, 0.2) is 0 Å². The van der Waals surface area contributed by atoms with Gasteiger partial charge in [0.25, 0.3) is 0 Å². The van der Waals surface area contributed by atoms with Crippen molar-refractivity contribution in [2.45, 2.75) is 25.3 Å². The van der Waals surface area contributed by atoms with E-state index in [2.05, 4.69) is 5.32 Å². The number of hydrogen-bond acceptors (Lipinski definition) is 0. The maximum Gasteiger partial charge on any atom is 0.123 e. The average Bonchev–Trinajstić information content (AvgIpc) is 2.62. The molecule has 1 aliphatic rings. The van der Waals surface area contributed by atoms with Crippen molar-refractivity contribution >= 4 is 0 Å². The number of rotatable bonds is 2. The molecular weight excluding hydrogens is 165 g/mol. The van der Waals surface area contributed by atoms with Crippen LogP contribution < -0.4 is 5.32 Å². The molecule has 69 valence electrons. The molecule has 13 heavy (non-hydrogen) atoms. The summed E-state index contributed by atoms with van der Waals surface area (Å²) in [6.07, 6.45) is 3.38. The Hall–Kier alpha value is -0.890. The third-order valence-corrected chi connectivity index (χ3v) is 2.47. The summed E-state index contributed by atoms with van der Waals surface area (Å²) < 4.78 is 12.6. The highest BCUT2D eigenvalue weighted by Gasteiger charge is 2.15. The highest BCUT2D eigenvalue weighted by molar-refractivity contribution is 5.17. The molecule has 0 spiro atoms. The van der Waals surface area contributed by atoms with Crippen LogP contribution in [0.25, 0.3) is 0 Å². The molecule has 2 rings (SSSR count). The number of hydrogen-bond donors (Lipinski definition) is 0. The predicted molar refractivity (Wildman–Crippen MR) is 50.1 cm³/mol. The minimum absolute atomic E-state index is 0.160. The second-order valence-electron chi connectivity index (χ2n) is 3.53. The summed E-state index contributed by atoms with van der Waals surface area (Å²) in [5.41, 5.74) is 1.19. The lowest BCUT2D eigenvalue weighted by Crippen LogP contribution is -2.16. The Morgan fingerprint density at radius 2 is 2.08 bits per heavy atom. The minimum Gasteiger partial charge on any atom is -0.238 e. The second kappa shape index (κ2) is 3.88. The molecule has 0 N–H and O–H groups in total. The van der Waals surface area contributed by atoms with Gasteiger partial charge in [0.1, 0.15) is 5.82 Å². The smallest absolute Gasteiger partial charge is 0.123 e. The van der Waals surface area contributed by atoms with Crippen molar-refractivity contribution in [3.05, 3.63) is 35.6 Å². The van der Waals surface area contributed by atoms with E-state index >= 15 is 0 Å². The predicted octanol–water partition coefficient (Wildman–Crippen LogP) is 2.13. The van der Waals surface area contributed by atoms with Crippen LogP contribution in [0, 0.1) is 5.82 Å². The standard InChI is InChI=1S/C11H13FN/c12-10-5-3-9(4-6-10)8-11-2-1-7-13-11/h3-6,11H,1-2,7-8H2. The maximum absolute atomic E-state index is 12.6. The third kappa shape index (κ3) is 2.28. The molecule has 0 bridgehead atoms. The summed E-state index contributed by atoms with van der Waals surface area (Å²) in [6, 6.07) is 7.21. The highest BCUT2D eigenvalue weighted by atomic mass is 19.1. The van der Waals surface area contributed by atoms with Gasteiger partial charge in [-0.15, -0.1) is 0 Å². The van der Waals surface area contributed by atoms with Crippen LogP contribution in [-0.2, 0) is 6.42 Å². The van der Waals surface area contributed by atoms with Crippen LogP contribution in [0.15, 0.2) is 24.3 Å². The normalized spacial score (nSPS) is 22.1. The molecule has 1 fully saturated rings. The topological polar surface area (TPSA) is 14.1 Å². The summed E-state index contributed by atoms with van der Waals surface area (Å²) in [5.74, 6) is -0.160. The van der Waals surface area contributed by atoms with Crippen molar-refractivity contribution in [2.24, 2.45) is 0 Å². The lowest BCUT2D eigenvalue weighted by Gasteiger charge is -2.07. The molecule has 1 nitrogen and oxygen atoms in total. The Kier molecular flexibility index (Phi) is 2.60. The molecule has 0 aromatic heterocycles. The summed E-state index contributed by atoms with van der Waals surface area (Å²) in [7, 11) is 0. The lowest BCUT2D eigenvalue weighted by atomic mass is 10.0. The molecule has 1 heterocycles. The first-order valence-electron chi connectivity index (χ1n) is 4.75. The Balaban J connectivity index is 1.97. The van der Waals surface area contributed by atoms with E-state index in [0.29, 0.717) is 6.04 Å². The van der Waals surface area contributed by atoms with E-state index in [-0.39, 0.29) is 5.82 Å². The molecule has 1 aliphatic heterocycles. The van der Waals surface area contributed by atoms with Crippen LogP contribution in [0.4, 0.5) is 4.39 Å². The maximum atomic E-state index is 12.6. The SMILES string of the molecule is Fc1ccc(CC2CCC[N]2)cc1. The summed E-state index contributed by atoms with van der Waals surface area (Å²) in [4.78, 5) is 0. The minimum atomic E-state index is -0.160. The third-order valence-electron chi connectivity index (χ3n) is 2.47. The van der Waals surface area contributed by atoms with E-state index in [4.69, 9.17) is 0 Å². The van der Waals surface area contributed by atoms with Crippen molar-refractivity contribution in [1.29, 1.82) is 0 Å².